The van der Waals surface area contributed by atoms with Crippen molar-refractivity contribution in [2.45, 2.75) is 58.0 Å². The number of alkyl halides is 3. The summed E-state index contributed by atoms with van der Waals surface area (Å²) in [6.45, 7) is 9.82. The number of rotatable bonds is 4. The van der Waals surface area contributed by atoms with Gasteiger partial charge in [0.15, 0.2) is 0 Å². The molecule has 1 N–H and O–H groups in total. The first-order valence-corrected chi connectivity index (χ1v) is 10.8. The standard InChI is InChI=1S/C22H32F3N3O3/c1-21(2,3)31-20(29)28-12-10-27(11-13-28)15-16-4-5-17(22(23,24)25)14-19(16)30-18-6-8-26-9-7-18/h4-5,14,18,26H,6-13,15H2,1-3H3. The van der Waals surface area contributed by atoms with Crippen molar-refractivity contribution < 1.29 is 27.4 Å². The zero-order valence-electron chi connectivity index (χ0n) is 18.4. The van der Waals surface area contributed by atoms with Crippen molar-refractivity contribution in [3.05, 3.63) is 29.3 Å². The molecule has 1 amide bonds. The van der Waals surface area contributed by atoms with Gasteiger partial charge in [-0.25, -0.2) is 4.79 Å². The number of amides is 1. The van der Waals surface area contributed by atoms with E-state index in [0.29, 0.717) is 38.5 Å². The van der Waals surface area contributed by atoms with Crippen LogP contribution < -0.4 is 10.1 Å². The van der Waals surface area contributed by atoms with E-state index in [2.05, 4.69) is 10.2 Å². The number of carbonyl (C=O) groups excluding carboxylic acids is 1. The Labute approximate surface area is 181 Å². The number of halogens is 3. The molecule has 0 saturated carbocycles. The van der Waals surface area contributed by atoms with Crippen LogP contribution in [0.4, 0.5) is 18.0 Å². The quantitative estimate of drug-likeness (QED) is 0.765. The number of piperidine rings is 1. The van der Waals surface area contributed by atoms with E-state index in [4.69, 9.17) is 9.47 Å². The highest BCUT2D eigenvalue weighted by Gasteiger charge is 2.32. The van der Waals surface area contributed by atoms with Gasteiger partial charge in [0.2, 0.25) is 0 Å². The maximum atomic E-state index is 13.2. The smallest absolute Gasteiger partial charge is 0.416 e. The second kappa shape index (κ2) is 9.65. The van der Waals surface area contributed by atoms with Crippen molar-refractivity contribution in [2.24, 2.45) is 0 Å². The van der Waals surface area contributed by atoms with Crippen LogP contribution in [0.5, 0.6) is 5.75 Å². The lowest BCUT2D eigenvalue weighted by molar-refractivity contribution is -0.137. The average Bonchev–Trinajstić information content (AvgIpc) is 2.68. The summed E-state index contributed by atoms with van der Waals surface area (Å²) in [7, 11) is 0. The first-order chi connectivity index (χ1) is 14.5. The Morgan fingerprint density at radius 2 is 1.74 bits per heavy atom. The van der Waals surface area contributed by atoms with E-state index in [1.165, 1.54) is 6.07 Å². The molecule has 0 aliphatic carbocycles. The van der Waals surface area contributed by atoms with Crippen molar-refractivity contribution in [1.82, 2.24) is 15.1 Å². The molecule has 0 aromatic heterocycles. The van der Waals surface area contributed by atoms with Crippen LogP contribution in [0.15, 0.2) is 18.2 Å². The first-order valence-electron chi connectivity index (χ1n) is 10.8. The third kappa shape index (κ3) is 7.00. The van der Waals surface area contributed by atoms with E-state index in [1.807, 2.05) is 20.8 Å². The Morgan fingerprint density at radius 1 is 1.10 bits per heavy atom. The van der Waals surface area contributed by atoms with E-state index >= 15 is 0 Å². The minimum absolute atomic E-state index is 0.0903. The predicted octanol–water partition coefficient (Wildman–Crippen LogP) is 3.89. The van der Waals surface area contributed by atoms with Gasteiger partial charge in [0.05, 0.1) is 5.56 Å². The molecule has 174 valence electrons. The summed E-state index contributed by atoms with van der Waals surface area (Å²) in [5.41, 5.74) is -0.512. The summed E-state index contributed by atoms with van der Waals surface area (Å²) in [6.07, 6.45) is -3.30. The Hall–Kier alpha value is -2.00. The van der Waals surface area contributed by atoms with E-state index < -0.39 is 17.3 Å². The second-order valence-electron chi connectivity index (χ2n) is 9.13. The van der Waals surface area contributed by atoms with Crippen LogP contribution in [-0.2, 0) is 17.5 Å². The molecule has 2 aliphatic heterocycles. The Kier molecular flexibility index (Phi) is 7.36. The monoisotopic (exact) mass is 443 g/mol. The van der Waals surface area contributed by atoms with Crippen LogP contribution in [0.25, 0.3) is 0 Å². The molecular weight excluding hydrogens is 411 g/mol. The molecule has 0 radical (unpaired) electrons. The van der Waals surface area contributed by atoms with Gasteiger partial charge >= 0.3 is 12.3 Å². The van der Waals surface area contributed by atoms with E-state index in [0.717, 1.165) is 43.6 Å². The van der Waals surface area contributed by atoms with E-state index in [-0.39, 0.29) is 12.2 Å². The highest BCUT2D eigenvalue weighted by Crippen LogP contribution is 2.34. The van der Waals surface area contributed by atoms with Crippen LogP contribution >= 0.6 is 0 Å². The van der Waals surface area contributed by atoms with Crippen LogP contribution in [0.3, 0.4) is 0 Å². The minimum atomic E-state index is -4.41. The molecule has 6 nitrogen and oxygen atoms in total. The molecule has 2 aliphatic rings. The number of ether oxygens (including phenoxy) is 2. The van der Waals surface area contributed by atoms with Crippen LogP contribution in [0.1, 0.15) is 44.7 Å². The lowest BCUT2D eigenvalue weighted by Gasteiger charge is -2.36. The van der Waals surface area contributed by atoms with Gasteiger partial charge < -0.3 is 19.7 Å². The van der Waals surface area contributed by atoms with Crippen molar-refractivity contribution in [3.63, 3.8) is 0 Å². The number of hydrogen-bond donors (Lipinski definition) is 1. The van der Waals surface area contributed by atoms with Crippen LogP contribution in [-0.4, -0.2) is 66.9 Å². The molecule has 0 bridgehead atoms. The van der Waals surface area contributed by atoms with Crippen molar-refractivity contribution in [3.8, 4) is 5.75 Å². The van der Waals surface area contributed by atoms with Gasteiger partial charge in [-0.15, -0.1) is 0 Å². The predicted molar refractivity (Wildman–Crippen MR) is 111 cm³/mol. The minimum Gasteiger partial charge on any atom is -0.490 e. The van der Waals surface area contributed by atoms with Crippen molar-refractivity contribution in [1.29, 1.82) is 0 Å². The fourth-order valence-electron chi connectivity index (χ4n) is 3.72. The molecule has 0 spiro atoms. The topological polar surface area (TPSA) is 54.0 Å². The molecular formula is C22H32F3N3O3. The van der Waals surface area contributed by atoms with Gasteiger partial charge in [0, 0.05) is 38.3 Å². The number of carbonyl (C=O) groups is 1. The SMILES string of the molecule is CC(C)(C)OC(=O)N1CCN(Cc2ccc(C(F)(F)F)cc2OC2CCNCC2)CC1. The fourth-order valence-corrected chi connectivity index (χ4v) is 3.72. The van der Waals surface area contributed by atoms with Crippen LogP contribution in [0, 0.1) is 0 Å². The highest BCUT2D eigenvalue weighted by atomic mass is 19.4. The number of nitrogens with one attached hydrogen (secondary N) is 1. The molecule has 2 saturated heterocycles. The number of hydrogen-bond acceptors (Lipinski definition) is 5. The Balaban J connectivity index is 1.65. The molecule has 0 unspecified atom stereocenters. The zero-order chi connectivity index (χ0) is 22.6. The summed E-state index contributed by atoms with van der Waals surface area (Å²) < 4.78 is 51.2. The molecule has 9 heteroatoms. The summed E-state index contributed by atoms with van der Waals surface area (Å²) in [6, 6.07) is 3.75. The van der Waals surface area contributed by atoms with Gasteiger partial charge in [-0.1, -0.05) is 6.07 Å². The zero-order valence-corrected chi connectivity index (χ0v) is 18.4. The lowest BCUT2D eigenvalue weighted by Crippen LogP contribution is -2.49. The maximum absolute atomic E-state index is 13.2. The maximum Gasteiger partial charge on any atom is 0.416 e. The van der Waals surface area contributed by atoms with Gasteiger partial charge in [-0.3, -0.25) is 4.90 Å². The summed E-state index contributed by atoms with van der Waals surface area (Å²) in [5.74, 6) is 0.302. The van der Waals surface area contributed by atoms with Gasteiger partial charge in [0.25, 0.3) is 0 Å². The van der Waals surface area contributed by atoms with E-state index in [9.17, 15) is 18.0 Å². The lowest BCUT2D eigenvalue weighted by atomic mass is 10.1. The normalized spacial score (nSPS) is 19.4. The highest BCUT2D eigenvalue weighted by molar-refractivity contribution is 5.68. The average molecular weight is 444 g/mol. The summed E-state index contributed by atoms with van der Waals surface area (Å²) in [5, 5.41) is 3.23. The largest absolute Gasteiger partial charge is 0.490 e. The summed E-state index contributed by atoms with van der Waals surface area (Å²) >= 11 is 0. The van der Waals surface area contributed by atoms with Gasteiger partial charge in [-0.05, 0) is 58.8 Å². The number of piperazine rings is 1. The summed E-state index contributed by atoms with van der Waals surface area (Å²) in [4.78, 5) is 16.0. The molecule has 1 aromatic rings. The number of benzene rings is 1. The van der Waals surface area contributed by atoms with Crippen molar-refractivity contribution in [2.75, 3.05) is 39.3 Å². The molecule has 0 atom stereocenters. The van der Waals surface area contributed by atoms with Crippen LogP contribution in [0.2, 0.25) is 0 Å². The third-order valence-corrected chi connectivity index (χ3v) is 5.39. The number of nitrogens with zero attached hydrogens (tertiary/aromatic N) is 2. The van der Waals surface area contributed by atoms with Gasteiger partial charge in [0.1, 0.15) is 17.5 Å². The molecule has 1 aromatic carbocycles. The molecule has 31 heavy (non-hydrogen) atoms. The Morgan fingerprint density at radius 3 is 2.32 bits per heavy atom. The molecule has 2 heterocycles. The van der Waals surface area contributed by atoms with Crippen molar-refractivity contribution >= 4 is 6.09 Å². The molecule has 3 rings (SSSR count). The first kappa shape index (κ1) is 23.7. The van der Waals surface area contributed by atoms with Gasteiger partial charge in [-0.2, -0.15) is 13.2 Å². The fraction of sp³-hybridized carbons (Fsp3) is 0.682. The molecule has 2 fully saturated rings. The Bertz CT molecular complexity index is 751. The third-order valence-electron chi connectivity index (χ3n) is 5.39. The second-order valence-corrected chi connectivity index (χ2v) is 9.13. The van der Waals surface area contributed by atoms with E-state index in [1.54, 1.807) is 4.90 Å².